The molecule has 6 rings (SSSR count). The third kappa shape index (κ3) is 2.68. The Kier molecular flexibility index (Phi) is 4.53. The summed E-state index contributed by atoms with van der Waals surface area (Å²) in [7, 11) is 1.49. The van der Waals surface area contributed by atoms with Gasteiger partial charge in [-0.25, -0.2) is 9.29 Å². The maximum atomic E-state index is 14.9. The van der Waals surface area contributed by atoms with E-state index in [4.69, 9.17) is 9.47 Å². The molecular formula is C27H18FNO6. The Balaban J connectivity index is 1.54. The molecule has 2 saturated heterocycles. The molecule has 35 heavy (non-hydrogen) atoms. The van der Waals surface area contributed by atoms with Crippen molar-refractivity contribution in [2.24, 2.45) is 11.8 Å². The van der Waals surface area contributed by atoms with Crippen LogP contribution in [0.15, 0.2) is 72.8 Å². The first kappa shape index (κ1) is 21.4. The summed E-state index contributed by atoms with van der Waals surface area (Å²) >= 11 is 0. The van der Waals surface area contributed by atoms with Crippen LogP contribution in [0, 0.1) is 17.7 Å². The van der Waals surface area contributed by atoms with Crippen LogP contribution in [0.5, 0.6) is 5.75 Å². The second-order valence-electron chi connectivity index (χ2n) is 8.71. The van der Waals surface area contributed by atoms with Gasteiger partial charge in [-0.05, 0) is 30.3 Å². The number of amides is 2. The summed E-state index contributed by atoms with van der Waals surface area (Å²) in [5.74, 6) is -5.61. The number of rotatable bonds is 3. The number of halogens is 1. The van der Waals surface area contributed by atoms with Gasteiger partial charge < -0.3 is 9.47 Å². The Morgan fingerprint density at radius 2 is 1.43 bits per heavy atom. The average molecular weight is 471 g/mol. The van der Waals surface area contributed by atoms with E-state index in [-0.39, 0.29) is 22.4 Å². The highest BCUT2D eigenvalue weighted by molar-refractivity contribution is 6.37. The van der Waals surface area contributed by atoms with Crippen molar-refractivity contribution in [2.75, 3.05) is 12.0 Å². The van der Waals surface area contributed by atoms with E-state index in [2.05, 4.69) is 0 Å². The number of anilines is 1. The van der Waals surface area contributed by atoms with Gasteiger partial charge in [0.1, 0.15) is 11.6 Å². The fourth-order valence-electron chi connectivity index (χ4n) is 5.49. The van der Waals surface area contributed by atoms with Gasteiger partial charge >= 0.3 is 0 Å². The highest BCUT2D eigenvalue weighted by atomic mass is 19.1. The summed E-state index contributed by atoms with van der Waals surface area (Å²) in [5, 5.41) is 0. The monoisotopic (exact) mass is 471 g/mol. The molecule has 0 radical (unpaired) electrons. The molecule has 3 aliphatic rings. The molecule has 2 aliphatic heterocycles. The molecule has 2 fully saturated rings. The minimum absolute atomic E-state index is 0.00802. The lowest BCUT2D eigenvalue weighted by Gasteiger charge is -2.27. The highest BCUT2D eigenvalue weighted by Crippen LogP contribution is 2.58. The largest absolute Gasteiger partial charge is 0.497 e. The van der Waals surface area contributed by atoms with E-state index in [1.807, 2.05) is 0 Å². The number of ketones is 2. The first-order valence-corrected chi connectivity index (χ1v) is 11.0. The van der Waals surface area contributed by atoms with Gasteiger partial charge in [0.25, 0.3) is 0 Å². The third-order valence-corrected chi connectivity index (χ3v) is 7.06. The van der Waals surface area contributed by atoms with E-state index in [0.29, 0.717) is 5.75 Å². The molecule has 0 saturated carbocycles. The number of methoxy groups -OCH3 is 1. The van der Waals surface area contributed by atoms with Crippen LogP contribution in [0.2, 0.25) is 0 Å². The predicted molar refractivity (Wildman–Crippen MR) is 121 cm³/mol. The number of hydrogen-bond acceptors (Lipinski definition) is 6. The van der Waals surface area contributed by atoms with Crippen LogP contribution in [0.1, 0.15) is 32.4 Å². The van der Waals surface area contributed by atoms with Gasteiger partial charge in [0.05, 0.1) is 30.7 Å². The van der Waals surface area contributed by atoms with Crippen LogP contribution >= 0.6 is 0 Å². The molecule has 3 aromatic carbocycles. The zero-order valence-electron chi connectivity index (χ0n) is 18.4. The van der Waals surface area contributed by atoms with E-state index in [1.54, 1.807) is 30.3 Å². The zero-order valence-corrected chi connectivity index (χ0v) is 18.4. The highest BCUT2D eigenvalue weighted by Gasteiger charge is 2.75. The average Bonchev–Trinajstić information content (AvgIpc) is 3.44. The number of fused-ring (bicyclic) bond motifs is 3. The van der Waals surface area contributed by atoms with Gasteiger partial charge in [-0.1, -0.05) is 42.5 Å². The van der Waals surface area contributed by atoms with E-state index in [1.165, 1.54) is 49.6 Å². The van der Waals surface area contributed by atoms with E-state index >= 15 is 0 Å². The molecule has 0 unspecified atom stereocenters. The van der Waals surface area contributed by atoms with Crippen molar-refractivity contribution in [3.8, 4) is 5.75 Å². The van der Waals surface area contributed by atoms with Crippen LogP contribution < -0.4 is 9.64 Å². The van der Waals surface area contributed by atoms with Crippen molar-refractivity contribution < 1.29 is 33.0 Å². The summed E-state index contributed by atoms with van der Waals surface area (Å²) in [6, 6.07) is 18.1. The Hall–Kier alpha value is -4.17. The number of nitrogens with zero attached hydrogens (tertiary/aromatic N) is 1. The first-order valence-electron chi connectivity index (χ1n) is 11.0. The van der Waals surface area contributed by atoms with Gasteiger partial charge in [-0.15, -0.1) is 0 Å². The first-order chi connectivity index (χ1) is 16.9. The third-order valence-electron chi connectivity index (χ3n) is 7.06. The topological polar surface area (TPSA) is 90.0 Å². The van der Waals surface area contributed by atoms with Crippen molar-refractivity contribution in [3.63, 3.8) is 0 Å². The van der Waals surface area contributed by atoms with Crippen molar-refractivity contribution in [1.29, 1.82) is 0 Å². The summed E-state index contributed by atoms with van der Waals surface area (Å²) in [4.78, 5) is 55.8. The Bertz CT molecular complexity index is 1400. The SMILES string of the molecule is COc1ccc(N2C(=O)[C@@H]3[C@@H](c4ccccc4F)OC4(C(=O)c5ccccc5C4=O)[C@@H]3C2=O)cc1. The molecule has 0 bridgehead atoms. The Morgan fingerprint density at radius 3 is 2.03 bits per heavy atom. The molecule has 2 amide bonds. The van der Waals surface area contributed by atoms with Crippen LogP contribution in [-0.4, -0.2) is 36.1 Å². The van der Waals surface area contributed by atoms with E-state index < -0.39 is 52.7 Å². The molecule has 1 aliphatic carbocycles. The van der Waals surface area contributed by atoms with Crippen LogP contribution in [-0.2, 0) is 14.3 Å². The quantitative estimate of drug-likeness (QED) is 0.429. The number of ether oxygens (including phenoxy) is 2. The molecule has 8 heteroatoms. The summed E-state index contributed by atoms with van der Waals surface area (Å²) in [6.07, 6.45) is -1.30. The summed E-state index contributed by atoms with van der Waals surface area (Å²) in [5.41, 5.74) is -1.74. The predicted octanol–water partition coefficient (Wildman–Crippen LogP) is 3.53. The minimum Gasteiger partial charge on any atom is -0.497 e. The van der Waals surface area contributed by atoms with Crippen molar-refractivity contribution in [1.82, 2.24) is 0 Å². The number of carbonyl (C=O) groups excluding carboxylic acids is 4. The smallest absolute Gasteiger partial charge is 0.241 e. The van der Waals surface area contributed by atoms with Gasteiger partial charge in [-0.2, -0.15) is 0 Å². The summed E-state index contributed by atoms with van der Waals surface area (Å²) in [6.45, 7) is 0. The molecule has 3 aromatic rings. The van der Waals surface area contributed by atoms with Gasteiger partial charge in [-0.3, -0.25) is 19.2 Å². The van der Waals surface area contributed by atoms with E-state index in [0.717, 1.165) is 4.90 Å². The molecule has 1 spiro atoms. The lowest BCUT2D eigenvalue weighted by molar-refractivity contribution is -0.127. The number of benzene rings is 3. The molecule has 7 nitrogen and oxygen atoms in total. The Labute approximate surface area is 199 Å². The van der Waals surface area contributed by atoms with Gasteiger partial charge in [0.2, 0.25) is 29.0 Å². The van der Waals surface area contributed by atoms with Crippen LogP contribution in [0.4, 0.5) is 10.1 Å². The molecular weight excluding hydrogens is 453 g/mol. The van der Waals surface area contributed by atoms with Crippen molar-refractivity contribution in [3.05, 3.63) is 95.3 Å². The second kappa shape index (κ2) is 7.41. The maximum Gasteiger partial charge on any atom is 0.241 e. The second-order valence-corrected chi connectivity index (χ2v) is 8.71. The van der Waals surface area contributed by atoms with Crippen molar-refractivity contribution in [2.45, 2.75) is 11.7 Å². The molecule has 0 aromatic heterocycles. The fourth-order valence-corrected chi connectivity index (χ4v) is 5.49. The molecule has 174 valence electrons. The fraction of sp³-hybridized carbons (Fsp3) is 0.185. The minimum atomic E-state index is -2.24. The number of Topliss-reactive ketones (excluding diaryl/α,β-unsaturated/α-hetero) is 2. The van der Waals surface area contributed by atoms with Crippen molar-refractivity contribution >= 4 is 29.1 Å². The molecule has 3 atom stereocenters. The normalized spacial score (nSPS) is 24.3. The number of imide groups is 1. The van der Waals surface area contributed by atoms with Gasteiger partial charge in [0, 0.05) is 16.7 Å². The molecule has 2 heterocycles. The number of carbonyl (C=O) groups is 4. The summed E-state index contributed by atoms with van der Waals surface area (Å²) < 4.78 is 26.1. The lowest BCUT2D eigenvalue weighted by Crippen LogP contribution is -2.51. The van der Waals surface area contributed by atoms with Crippen LogP contribution in [0.3, 0.4) is 0 Å². The maximum absolute atomic E-state index is 14.9. The van der Waals surface area contributed by atoms with Crippen LogP contribution in [0.25, 0.3) is 0 Å². The lowest BCUT2D eigenvalue weighted by atomic mass is 9.77. The zero-order chi connectivity index (χ0) is 24.5. The van der Waals surface area contributed by atoms with Gasteiger partial charge in [0.15, 0.2) is 0 Å². The molecule has 0 N–H and O–H groups in total. The number of hydrogen-bond donors (Lipinski definition) is 0. The standard InChI is InChI=1S/C27H18FNO6/c1-34-15-12-10-14(11-13-15)29-25(32)20-21(26(29)33)27(35-22(20)18-8-4-5-9-19(18)28)23(30)16-6-2-3-7-17(16)24(27)31/h2-13,20-22H,1H3/t20-,21-,22+/m0/s1. The van der Waals surface area contributed by atoms with E-state index in [9.17, 15) is 23.6 Å². The Morgan fingerprint density at radius 1 is 0.829 bits per heavy atom.